The zero-order valence-corrected chi connectivity index (χ0v) is 19.2. The summed E-state index contributed by atoms with van der Waals surface area (Å²) in [6.07, 6.45) is 1.48. The minimum absolute atomic E-state index is 0.0364. The quantitative estimate of drug-likeness (QED) is 0.478. The first kappa shape index (κ1) is 22.1. The van der Waals surface area contributed by atoms with Crippen molar-refractivity contribution in [3.05, 3.63) is 64.2 Å². The molecule has 3 N–H and O–H groups in total. The molecule has 1 saturated heterocycles. The topological polar surface area (TPSA) is 130 Å². The van der Waals surface area contributed by atoms with Gasteiger partial charge in [-0.2, -0.15) is 0 Å². The first-order chi connectivity index (χ1) is 17.3. The number of halogens is 1. The fraction of sp³-hybridized carbons (Fsp3) is 0.280. The zero-order chi connectivity index (χ0) is 25.2. The van der Waals surface area contributed by atoms with Gasteiger partial charge in [-0.1, -0.05) is 6.07 Å². The Balaban J connectivity index is 1.41. The third-order valence-electron chi connectivity index (χ3n) is 6.96. The lowest BCUT2D eigenvalue weighted by atomic mass is 9.94. The second-order valence-corrected chi connectivity index (χ2v) is 9.11. The SMILES string of the molecule is COc1ccc2c(c1F)C(=O)N(CC1(c3cc4cc5c(cc4o3)C(=O)NCCC5)NC(=O)NC1=O)C2. The van der Waals surface area contributed by atoms with Crippen molar-refractivity contribution in [1.29, 1.82) is 0 Å². The standard InChI is InChI=1S/C25H21FN4O6/c1-35-16-5-4-13-10-30(22(32)19(13)20(16)26)11-25(23(33)28-24(34)29-25)18-8-14-7-12-3-2-6-27-21(31)15(12)9-17(14)36-18/h4-5,7-9H,2-3,6,10-11H2,1H3,(H,27,31)(H2,28,29,33,34). The number of carbonyl (C=O) groups excluding carboxylic acids is 4. The van der Waals surface area contributed by atoms with Crippen molar-refractivity contribution in [2.24, 2.45) is 0 Å². The molecule has 1 atom stereocenters. The number of benzene rings is 2. The van der Waals surface area contributed by atoms with Gasteiger partial charge in [-0.15, -0.1) is 0 Å². The van der Waals surface area contributed by atoms with Gasteiger partial charge in [0.05, 0.1) is 19.2 Å². The van der Waals surface area contributed by atoms with E-state index < -0.39 is 29.2 Å². The van der Waals surface area contributed by atoms with Crippen molar-refractivity contribution in [2.45, 2.75) is 24.9 Å². The van der Waals surface area contributed by atoms with E-state index >= 15 is 0 Å². The third kappa shape index (κ3) is 3.15. The van der Waals surface area contributed by atoms with Crippen LogP contribution in [0.5, 0.6) is 5.75 Å². The molecular formula is C25H21FN4O6. The van der Waals surface area contributed by atoms with E-state index in [2.05, 4.69) is 16.0 Å². The maximum Gasteiger partial charge on any atom is 0.322 e. The second-order valence-electron chi connectivity index (χ2n) is 9.11. The summed E-state index contributed by atoms with van der Waals surface area (Å²) in [7, 11) is 1.31. The molecule has 36 heavy (non-hydrogen) atoms. The molecule has 2 aromatic carbocycles. The van der Waals surface area contributed by atoms with Gasteiger partial charge in [-0.25, -0.2) is 9.18 Å². The van der Waals surface area contributed by atoms with Crippen LogP contribution in [0.2, 0.25) is 0 Å². The Morgan fingerprint density at radius 1 is 1.14 bits per heavy atom. The molecule has 3 aliphatic heterocycles. The van der Waals surface area contributed by atoms with Gasteiger partial charge in [0.2, 0.25) is 0 Å². The molecule has 6 rings (SSSR count). The van der Waals surface area contributed by atoms with Crippen molar-refractivity contribution in [2.75, 3.05) is 20.2 Å². The number of carbonyl (C=O) groups is 4. The van der Waals surface area contributed by atoms with Gasteiger partial charge in [0.25, 0.3) is 17.7 Å². The van der Waals surface area contributed by atoms with Crippen molar-refractivity contribution >= 4 is 34.7 Å². The molecule has 1 fully saturated rings. The van der Waals surface area contributed by atoms with Gasteiger partial charge in [0, 0.05) is 24.0 Å². The first-order valence-electron chi connectivity index (χ1n) is 11.4. The Labute approximate surface area is 203 Å². The predicted octanol–water partition coefficient (Wildman–Crippen LogP) is 1.95. The highest BCUT2D eigenvalue weighted by molar-refractivity contribution is 6.08. The molecule has 0 saturated carbocycles. The lowest BCUT2D eigenvalue weighted by Gasteiger charge is -2.29. The van der Waals surface area contributed by atoms with Gasteiger partial charge in [-0.05, 0) is 48.2 Å². The van der Waals surface area contributed by atoms with E-state index in [1.807, 2.05) is 6.07 Å². The average molecular weight is 492 g/mol. The van der Waals surface area contributed by atoms with Crippen molar-refractivity contribution in [3.8, 4) is 5.75 Å². The number of hydrogen-bond donors (Lipinski definition) is 3. The number of furan rings is 1. The molecule has 3 aromatic rings. The van der Waals surface area contributed by atoms with Crippen LogP contribution < -0.4 is 20.7 Å². The van der Waals surface area contributed by atoms with E-state index in [-0.39, 0.29) is 36.1 Å². The van der Waals surface area contributed by atoms with E-state index in [4.69, 9.17) is 9.15 Å². The van der Waals surface area contributed by atoms with E-state index in [9.17, 15) is 23.6 Å². The summed E-state index contributed by atoms with van der Waals surface area (Å²) in [6, 6.07) is 7.37. The van der Waals surface area contributed by atoms with E-state index in [0.29, 0.717) is 35.1 Å². The third-order valence-corrected chi connectivity index (χ3v) is 6.96. The Morgan fingerprint density at radius 3 is 2.72 bits per heavy atom. The maximum atomic E-state index is 14.8. The fourth-order valence-corrected chi connectivity index (χ4v) is 5.16. The number of nitrogens with zero attached hydrogens (tertiary/aromatic N) is 1. The van der Waals surface area contributed by atoms with Gasteiger partial charge in [0.15, 0.2) is 17.1 Å². The highest BCUT2D eigenvalue weighted by atomic mass is 19.1. The summed E-state index contributed by atoms with van der Waals surface area (Å²) in [5.74, 6) is -2.28. The molecule has 3 aliphatic rings. The molecule has 184 valence electrons. The maximum absolute atomic E-state index is 14.8. The molecule has 4 heterocycles. The normalized spacial score (nSPS) is 21.1. The summed E-state index contributed by atoms with van der Waals surface area (Å²) in [5, 5.41) is 8.31. The number of methoxy groups -OCH3 is 1. The van der Waals surface area contributed by atoms with Gasteiger partial charge >= 0.3 is 6.03 Å². The fourth-order valence-electron chi connectivity index (χ4n) is 5.16. The number of imide groups is 1. The van der Waals surface area contributed by atoms with Crippen LogP contribution in [-0.4, -0.2) is 48.9 Å². The number of rotatable bonds is 4. The Bertz CT molecular complexity index is 1500. The summed E-state index contributed by atoms with van der Waals surface area (Å²) in [4.78, 5) is 52.3. The largest absolute Gasteiger partial charge is 0.494 e. The number of nitrogens with one attached hydrogen (secondary N) is 3. The summed E-state index contributed by atoms with van der Waals surface area (Å²) in [6.45, 7) is 0.322. The highest BCUT2D eigenvalue weighted by Gasteiger charge is 2.53. The first-order valence-corrected chi connectivity index (χ1v) is 11.4. The van der Waals surface area contributed by atoms with Gasteiger partial charge in [0.1, 0.15) is 11.3 Å². The Kier molecular flexibility index (Phi) is 4.79. The minimum atomic E-state index is -1.74. The number of fused-ring (bicyclic) bond motifs is 3. The number of hydrogen-bond acceptors (Lipinski definition) is 6. The lowest BCUT2D eigenvalue weighted by Crippen LogP contribution is -2.52. The molecule has 11 heteroatoms. The van der Waals surface area contributed by atoms with E-state index in [1.54, 1.807) is 18.2 Å². The number of ether oxygens (including phenoxy) is 1. The molecule has 10 nitrogen and oxygen atoms in total. The molecule has 0 spiro atoms. The van der Waals surface area contributed by atoms with Crippen LogP contribution >= 0.6 is 0 Å². The molecule has 0 aliphatic carbocycles. The van der Waals surface area contributed by atoms with Crippen LogP contribution in [0.1, 0.15) is 44.0 Å². The van der Waals surface area contributed by atoms with Crippen LogP contribution in [0.3, 0.4) is 0 Å². The smallest absolute Gasteiger partial charge is 0.322 e. The van der Waals surface area contributed by atoms with Crippen molar-refractivity contribution in [3.63, 3.8) is 0 Å². The van der Waals surface area contributed by atoms with Crippen molar-refractivity contribution < 1.29 is 32.7 Å². The lowest BCUT2D eigenvalue weighted by molar-refractivity contribution is -0.125. The van der Waals surface area contributed by atoms with Crippen LogP contribution in [0, 0.1) is 5.82 Å². The molecule has 0 radical (unpaired) electrons. The Morgan fingerprint density at radius 2 is 1.97 bits per heavy atom. The van der Waals surface area contributed by atoms with Crippen LogP contribution in [0.15, 0.2) is 34.7 Å². The predicted molar refractivity (Wildman–Crippen MR) is 123 cm³/mol. The van der Waals surface area contributed by atoms with E-state index in [1.165, 1.54) is 18.1 Å². The Hall–Kier alpha value is -4.41. The minimum Gasteiger partial charge on any atom is -0.494 e. The zero-order valence-electron chi connectivity index (χ0n) is 19.2. The monoisotopic (exact) mass is 492 g/mol. The van der Waals surface area contributed by atoms with Crippen molar-refractivity contribution in [1.82, 2.24) is 20.9 Å². The molecule has 1 unspecified atom stereocenters. The van der Waals surface area contributed by atoms with Gasteiger partial charge < -0.3 is 24.7 Å². The molecule has 5 amide bonds. The second kappa shape index (κ2) is 7.80. The molecule has 0 bridgehead atoms. The number of amides is 5. The summed E-state index contributed by atoms with van der Waals surface area (Å²) in [5.41, 5.74) is 0.276. The van der Waals surface area contributed by atoms with Crippen LogP contribution in [0.4, 0.5) is 9.18 Å². The highest BCUT2D eigenvalue weighted by Crippen LogP contribution is 2.37. The average Bonchev–Trinajstić information content (AvgIpc) is 3.45. The summed E-state index contributed by atoms with van der Waals surface area (Å²) >= 11 is 0. The molecular weight excluding hydrogens is 471 g/mol. The number of urea groups is 1. The van der Waals surface area contributed by atoms with E-state index in [0.717, 1.165) is 12.0 Å². The molecule has 1 aromatic heterocycles. The van der Waals surface area contributed by atoms with Crippen LogP contribution in [0.25, 0.3) is 11.0 Å². The van der Waals surface area contributed by atoms with Crippen LogP contribution in [-0.2, 0) is 23.3 Å². The summed E-state index contributed by atoms with van der Waals surface area (Å²) < 4.78 is 25.9. The number of aryl methyl sites for hydroxylation is 1. The van der Waals surface area contributed by atoms with Gasteiger partial charge in [-0.3, -0.25) is 19.7 Å².